The van der Waals surface area contributed by atoms with E-state index in [4.69, 9.17) is 11.8 Å². The van der Waals surface area contributed by atoms with Gasteiger partial charge in [-0.05, 0) is 27.1 Å². The lowest BCUT2D eigenvalue weighted by molar-refractivity contribution is 1.62. The molecular formula is C38H30BPS. The average molecular weight is 561 g/mol. The van der Waals surface area contributed by atoms with Gasteiger partial charge in [0.1, 0.15) is 0 Å². The van der Waals surface area contributed by atoms with Crippen LogP contribution >= 0.6 is 6.04 Å². The minimum Gasteiger partial charge on any atom is -0.0826 e. The van der Waals surface area contributed by atoms with Crippen molar-refractivity contribution in [2.75, 3.05) is 0 Å². The van der Waals surface area contributed by atoms with Crippen LogP contribution in [0.5, 0.6) is 0 Å². The smallest absolute Gasteiger partial charge is 0.0826 e. The quantitative estimate of drug-likeness (QED) is 0.105. The molecule has 0 aliphatic heterocycles. The third kappa shape index (κ3) is 5.55. The highest BCUT2D eigenvalue weighted by Gasteiger charge is 2.36. The summed E-state index contributed by atoms with van der Waals surface area (Å²) in [4.78, 5) is 0. The van der Waals surface area contributed by atoms with Crippen LogP contribution in [-0.4, -0.2) is 6.71 Å². The summed E-state index contributed by atoms with van der Waals surface area (Å²) in [6.45, 7) is -0.0234. The van der Waals surface area contributed by atoms with Gasteiger partial charge in [-0.25, -0.2) is 0 Å². The van der Waals surface area contributed by atoms with E-state index in [1.165, 1.54) is 43.4 Å². The van der Waals surface area contributed by atoms with Crippen molar-refractivity contribution in [3.05, 3.63) is 193 Å². The lowest BCUT2D eigenvalue weighted by Gasteiger charge is -2.32. The highest BCUT2D eigenvalue weighted by Crippen LogP contribution is 2.60. The molecule has 0 aliphatic rings. The summed E-state index contributed by atoms with van der Waals surface area (Å²) in [6.07, 6.45) is 0. The van der Waals surface area contributed by atoms with Gasteiger partial charge in [0.15, 0.2) is 0 Å². The maximum atomic E-state index is 7.09. The average Bonchev–Trinajstić information content (AvgIpc) is 3.07. The van der Waals surface area contributed by atoms with Gasteiger partial charge < -0.3 is 0 Å². The van der Waals surface area contributed by atoms with Crippen LogP contribution in [0, 0.1) is 0 Å². The third-order valence-corrected chi connectivity index (χ3v) is 12.5. The Morgan fingerprint density at radius 1 is 0.390 bits per heavy atom. The molecule has 0 aliphatic carbocycles. The first-order valence-electron chi connectivity index (χ1n) is 13.9. The Labute approximate surface area is 249 Å². The summed E-state index contributed by atoms with van der Waals surface area (Å²) >= 11 is 7.09. The maximum Gasteiger partial charge on any atom is 0.242 e. The Balaban J connectivity index is 1.83. The van der Waals surface area contributed by atoms with Gasteiger partial charge in [0.25, 0.3) is 0 Å². The van der Waals surface area contributed by atoms with Gasteiger partial charge in [-0.15, -0.1) is 0 Å². The van der Waals surface area contributed by atoms with Gasteiger partial charge in [0.2, 0.25) is 6.71 Å². The summed E-state index contributed by atoms with van der Waals surface area (Å²) in [6, 6.07) is 62.4. The van der Waals surface area contributed by atoms with Crippen LogP contribution in [0.15, 0.2) is 182 Å². The minimum atomic E-state index is -2.56. The van der Waals surface area contributed by atoms with Crippen LogP contribution in [0.25, 0.3) is 10.8 Å². The van der Waals surface area contributed by atoms with Gasteiger partial charge in [0.05, 0.1) is 0 Å². The lowest BCUT2D eigenvalue weighted by Crippen LogP contribution is -2.44. The van der Waals surface area contributed by atoms with Crippen molar-refractivity contribution in [3.8, 4) is 0 Å². The van der Waals surface area contributed by atoms with Gasteiger partial charge in [-0.2, -0.15) is 0 Å². The molecule has 0 fully saturated rings. The molecule has 0 spiro atoms. The summed E-state index contributed by atoms with van der Waals surface area (Å²) < 4.78 is 0. The molecule has 0 saturated carbocycles. The third-order valence-electron chi connectivity index (χ3n) is 7.50. The molecule has 0 atom stereocenters. The second kappa shape index (κ2) is 12.5. The Bertz CT molecular complexity index is 1690. The van der Waals surface area contributed by atoms with Gasteiger partial charge in [-0.1, -0.05) is 210 Å². The first-order chi connectivity index (χ1) is 20.3. The van der Waals surface area contributed by atoms with Crippen molar-refractivity contribution in [1.82, 2.24) is 0 Å². The van der Waals surface area contributed by atoms with E-state index >= 15 is 0 Å². The fourth-order valence-electron chi connectivity index (χ4n) is 5.66. The first kappa shape index (κ1) is 27.0. The summed E-state index contributed by atoms with van der Waals surface area (Å²) in [7, 11) is 0. The SMILES string of the molecule is S=P(C(=C(B(c1ccccc1)c1ccccc1)c1ccccc1)c1ccccc1)(c1ccccc1)c1ccccc1. The van der Waals surface area contributed by atoms with E-state index in [9.17, 15) is 0 Å². The Morgan fingerprint density at radius 3 is 1.10 bits per heavy atom. The van der Waals surface area contributed by atoms with Crippen LogP contribution in [0.1, 0.15) is 11.1 Å². The van der Waals surface area contributed by atoms with E-state index in [0.29, 0.717) is 0 Å². The van der Waals surface area contributed by atoms with E-state index < -0.39 is 6.04 Å². The van der Waals surface area contributed by atoms with E-state index in [-0.39, 0.29) is 6.71 Å². The second-order valence-electron chi connectivity index (χ2n) is 10.0. The Hall–Kier alpha value is -4.23. The van der Waals surface area contributed by atoms with Crippen molar-refractivity contribution in [2.24, 2.45) is 0 Å². The molecule has 41 heavy (non-hydrogen) atoms. The molecular weight excluding hydrogens is 530 g/mol. The van der Waals surface area contributed by atoms with Gasteiger partial charge in [0, 0.05) is 6.04 Å². The summed E-state index contributed by atoms with van der Waals surface area (Å²) in [5.41, 5.74) is 6.09. The van der Waals surface area contributed by atoms with E-state index in [1.54, 1.807) is 0 Å². The second-order valence-corrected chi connectivity index (χ2v) is 14.4. The van der Waals surface area contributed by atoms with E-state index in [1.807, 2.05) is 0 Å². The molecule has 6 aromatic rings. The topological polar surface area (TPSA) is 0 Å². The lowest BCUT2D eigenvalue weighted by atomic mass is 9.35. The maximum absolute atomic E-state index is 7.09. The van der Waals surface area contributed by atoms with Crippen LogP contribution in [-0.2, 0) is 11.8 Å². The summed E-state index contributed by atoms with van der Waals surface area (Å²) in [5.74, 6) is 0. The number of rotatable bonds is 8. The molecule has 6 rings (SSSR count). The first-order valence-corrected chi connectivity index (χ1v) is 16.7. The molecule has 0 aromatic heterocycles. The largest absolute Gasteiger partial charge is 0.242 e. The fraction of sp³-hybridized carbons (Fsp3) is 0. The van der Waals surface area contributed by atoms with Crippen molar-refractivity contribution < 1.29 is 0 Å². The molecule has 0 heterocycles. The molecule has 6 aromatic carbocycles. The standard InChI is InChI=1S/C38H30BPS/c41-40(35-27-15-5-16-28-35,36-29-17-6-18-30-36)38(32-21-9-2-10-22-32)37(31-19-7-1-8-20-31)39(33-23-11-3-12-24-33)34-25-13-4-14-26-34/h1-30H. The molecule has 196 valence electrons. The normalized spacial score (nSPS) is 11.9. The Kier molecular flexibility index (Phi) is 8.24. The van der Waals surface area contributed by atoms with Crippen LogP contribution in [0.4, 0.5) is 0 Å². The molecule has 0 N–H and O–H groups in total. The van der Waals surface area contributed by atoms with Crippen molar-refractivity contribution in [1.29, 1.82) is 0 Å². The van der Waals surface area contributed by atoms with E-state index in [0.717, 1.165) is 0 Å². The fourth-order valence-corrected chi connectivity index (χ4v) is 10.1. The summed E-state index contributed by atoms with van der Waals surface area (Å²) in [5, 5.41) is 3.61. The monoisotopic (exact) mass is 560 g/mol. The van der Waals surface area contributed by atoms with Crippen molar-refractivity contribution in [3.63, 3.8) is 0 Å². The van der Waals surface area contributed by atoms with Crippen LogP contribution < -0.4 is 21.5 Å². The molecule has 0 radical (unpaired) electrons. The van der Waals surface area contributed by atoms with Crippen LogP contribution in [0.3, 0.4) is 0 Å². The molecule has 0 bridgehead atoms. The van der Waals surface area contributed by atoms with E-state index in [2.05, 4.69) is 182 Å². The zero-order chi connectivity index (χ0) is 27.9. The predicted molar refractivity (Wildman–Crippen MR) is 184 cm³/mol. The zero-order valence-corrected chi connectivity index (χ0v) is 24.5. The van der Waals surface area contributed by atoms with Gasteiger partial charge in [-0.3, -0.25) is 0 Å². The highest BCUT2D eigenvalue weighted by atomic mass is 32.4. The van der Waals surface area contributed by atoms with Crippen LogP contribution in [0.2, 0.25) is 0 Å². The molecule has 0 nitrogen and oxygen atoms in total. The zero-order valence-electron chi connectivity index (χ0n) is 22.8. The molecule has 0 unspecified atom stereocenters. The minimum absolute atomic E-state index is 0.0234. The molecule has 3 heteroatoms. The number of hydrogen-bond acceptors (Lipinski definition) is 1. The molecule has 0 amide bonds. The predicted octanol–water partition coefficient (Wildman–Crippen LogP) is 7.53. The molecule has 0 saturated heterocycles. The van der Waals surface area contributed by atoms with Crippen molar-refractivity contribution in [2.45, 2.75) is 0 Å². The highest BCUT2D eigenvalue weighted by molar-refractivity contribution is 8.27. The Morgan fingerprint density at radius 2 is 0.707 bits per heavy atom. The number of benzene rings is 6. The van der Waals surface area contributed by atoms with Crippen molar-refractivity contribution >= 4 is 56.9 Å². The number of hydrogen-bond donors (Lipinski definition) is 0. The van der Waals surface area contributed by atoms with Gasteiger partial charge >= 0.3 is 0 Å².